The first-order chi connectivity index (χ1) is 10.0. The number of aromatic nitrogens is 2. The van der Waals surface area contributed by atoms with E-state index in [2.05, 4.69) is 24.0 Å². The van der Waals surface area contributed by atoms with Crippen LogP contribution in [0.15, 0.2) is 0 Å². The van der Waals surface area contributed by atoms with Crippen LogP contribution >= 0.6 is 0 Å². The van der Waals surface area contributed by atoms with Crippen LogP contribution in [-0.4, -0.2) is 43.2 Å². The summed E-state index contributed by atoms with van der Waals surface area (Å²) in [6, 6.07) is 0. The molecule has 7 heteroatoms. The van der Waals surface area contributed by atoms with Gasteiger partial charge in [0, 0.05) is 25.2 Å². The first-order valence-corrected chi connectivity index (χ1v) is 9.37. The van der Waals surface area contributed by atoms with Crippen LogP contribution in [0.5, 0.6) is 0 Å². The fraction of sp³-hybridized carbons (Fsp3) is 0.714. The Bertz CT molecular complexity index is 601. The minimum absolute atomic E-state index is 0.176. The molecular weight excluding hydrogens is 288 g/mol. The zero-order valence-electron chi connectivity index (χ0n) is 12.8. The number of hydrogen-bond acceptors (Lipinski definition) is 6. The molecule has 0 amide bonds. The van der Waals surface area contributed by atoms with Gasteiger partial charge in [-0.05, 0) is 24.8 Å². The lowest BCUT2D eigenvalue weighted by Crippen LogP contribution is -2.30. The van der Waals surface area contributed by atoms with Crippen LogP contribution in [0.4, 0.5) is 5.82 Å². The van der Waals surface area contributed by atoms with E-state index in [0.717, 1.165) is 35.5 Å². The van der Waals surface area contributed by atoms with E-state index in [1.807, 2.05) is 4.90 Å². The van der Waals surface area contributed by atoms with E-state index in [0.29, 0.717) is 26.1 Å². The third-order valence-electron chi connectivity index (χ3n) is 4.00. The van der Waals surface area contributed by atoms with Crippen molar-refractivity contribution in [1.82, 2.24) is 10.2 Å². The molecule has 0 spiro atoms. The van der Waals surface area contributed by atoms with E-state index in [-0.39, 0.29) is 11.5 Å². The largest absolute Gasteiger partial charge is 0.354 e. The number of rotatable bonds is 4. The third-order valence-corrected chi connectivity index (χ3v) is 5.71. The number of nitrogens with two attached hydrogens (primary N) is 1. The molecule has 1 saturated heterocycles. The summed E-state index contributed by atoms with van der Waals surface area (Å²) >= 11 is 0. The van der Waals surface area contributed by atoms with Crippen molar-refractivity contribution >= 4 is 15.7 Å². The molecule has 0 unspecified atom stereocenters. The molecule has 21 heavy (non-hydrogen) atoms. The minimum atomic E-state index is -2.93. The van der Waals surface area contributed by atoms with Crippen molar-refractivity contribution in [1.29, 1.82) is 0 Å². The first-order valence-electron chi connectivity index (χ1n) is 7.55. The lowest BCUT2D eigenvalue weighted by atomic mass is 10.0. The van der Waals surface area contributed by atoms with Gasteiger partial charge in [-0.2, -0.15) is 5.10 Å². The molecule has 6 nitrogen and oxygen atoms in total. The first kappa shape index (κ1) is 16.2. The van der Waals surface area contributed by atoms with Crippen LogP contribution < -0.4 is 10.6 Å². The quantitative estimate of drug-likeness (QED) is 0.879. The maximum atomic E-state index is 11.7. The summed E-state index contributed by atoms with van der Waals surface area (Å²) in [6.45, 7) is 5.71. The Morgan fingerprint density at radius 3 is 2.48 bits per heavy atom. The molecular formula is C14H24N4O2S. The van der Waals surface area contributed by atoms with Gasteiger partial charge in [0.15, 0.2) is 15.7 Å². The summed E-state index contributed by atoms with van der Waals surface area (Å²) in [5.41, 5.74) is 9.11. The Balaban J connectivity index is 2.39. The maximum absolute atomic E-state index is 11.7. The highest BCUT2D eigenvalue weighted by atomic mass is 32.2. The van der Waals surface area contributed by atoms with Crippen LogP contribution in [0, 0.1) is 0 Å². The predicted molar refractivity (Wildman–Crippen MR) is 84.2 cm³/mol. The molecule has 2 heterocycles. The highest BCUT2D eigenvalue weighted by molar-refractivity contribution is 7.91. The van der Waals surface area contributed by atoms with E-state index in [1.165, 1.54) is 0 Å². The second-order valence-electron chi connectivity index (χ2n) is 5.33. The number of hydrogen-bond donors (Lipinski definition) is 1. The zero-order valence-corrected chi connectivity index (χ0v) is 13.6. The maximum Gasteiger partial charge on any atom is 0.156 e. The van der Waals surface area contributed by atoms with E-state index in [1.54, 1.807) is 0 Å². The summed E-state index contributed by atoms with van der Waals surface area (Å²) in [5, 5.41) is 8.67. The van der Waals surface area contributed by atoms with Crippen molar-refractivity contribution in [3.63, 3.8) is 0 Å². The highest BCUT2D eigenvalue weighted by Crippen LogP contribution is 2.24. The Kier molecular flexibility index (Phi) is 5.16. The lowest BCUT2D eigenvalue weighted by molar-refractivity contribution is 0.597. The number of nitrogens with zero attached hydrogens (tertiary/aromatic N) is 3. The number of aryl methyl sites for hydroxylation is 1. The van der Waals surface area contributed by atoms with Crippen LogP contribution in [0.1, 0.15) is 37.1 Å². The molecule has 0 bridgehead atoms. The van der Waals surface area contributed by atoms with Gasteiger partial charge >= 0.3 is 0 Å². The standard InChI is InChI=1S/C14H24N4O2S/c1-3-11-12(10-15)14(17-16-13(11)4-2)18-6-5-8-21(19,20)9-7-18/h3-10,15H2,1-2H3. The van der Waals surface area contributed by atoms with Gasteiger partial charge in [0.1, 0.15) is 0 Å². The Morgan fingerprint density at radius 1 is 1.10 bits per heavy atom. The molecule has 1 aliphatic rings. The van der Waals surface area contributed by atoms with Gasteiger partial charge in [-0.1, -0.05) is 13.8 Å². The van der Waals surface area contributed by atoms with Gasteiger partial charge in [-0.3, -0.25) is 0 Å². The minimum Gasteiger partial charge on any atom is -0.354 e. The molecule has 2 N–H and O–H groups in total. The molecule has 0 radical (unpaired) electrons. The van der Waals surface area contributed by atoms with Crippen molar-refractivity contribution in [2.75, 3.05) is 29.5 Å². The Morgan fingerprint density at radius 2 is 1.86 bits per heavy atom. The van der Waals surface area contributed by atoms with Crippen molar-refractivity contribution < 1.29 is 8.42 Å². The normalized spacial score (nSPS) is 18.5. The van der Waals surface area contributed by atoms with Gasteiger partial charge in [-0.25, -0.2) is 8.42 Å². The van der Waals surface area contributed by atoms with Gasteiger partial charge in [-0.15, -0.1) is 5.10 Å². The summed E-state index contributed by atoms with van der Waals surface area (Å²) in [4.78, 5) is 2.03. The SMILES string of the molecule is CCc1nnc(N2CCCS(=O)(=O)CC2)c(CN)c1CC. The van der Waals surface area contributed by atoms with Crippen molar-refractivity contribution in [3.05, 3.63) is 16.8 Å². The molecule has 118 valence electrons. The second kappa shape index (κ2) is 6.70. The van der Waals surface area contributed by atoms with Crippen LogP contribution in [0.2, 0.25) is 0 Å². The van der Waals surface area contributed by atoms with E-state index in [4.69, 9.17) is 5.73 Å². The van der Waals surface area contributed by atoms with Crippen LogP contribution in [0.3, 0.4) is 0 Å². The Labute approximate surface area is 126 Å². The molecule has 0 saturated carbocycles. The summed E-state index contributed by atoms with van der Waals surface area (Å²) < 4.78 is 23.5. The van der Waals surface area contributed by atoms with E-state index >= 15 is 0 Å². The van der Waals surface area contributed by atoms with E-state index < -0.39 is 9.84 Å². The van der Waals surface area contributed by atoms with Gasteiger partial charge in [0.2, 0.25) is 0 Å². The number of anilines is 1. The van der Waals surface area contributed by atoms with E-state index in [9.17, 15) is 8.42 Å². The summed E-state index contributed by atoms with van der Waals surface area (Å²) in [7, 11) is -2.93. The van der Waals surface area contributed by atoms with Crippen molar-refractivity contribution in [2.45, 2.75) is 39.7 Å². The third kappa shape index (κ3) is 3.52. The summed E-state index contributed by atoms with van der Waals surface area (Å²) in [6.07, 6.45) is 2.33. The smallest absolute Gasteiger partial charge is 0.156 e. The zero-order chi connectivity index (χ0) is 15.5. The molecule has 1 aromatic heterocycles. The van der Waals surface area contributed by atoms with Crippen molar-refractivity contribution in [2.24, 2.45) is 5.73 Å². The predicted octanol–water partition coefficient (Wildman–Crippen LogP) is 0.685. The van der Waals surface area contributed by atoms with Gasteiger partial charge < -0.3 is 10.6 Å². The van der Waals surface area contributed by atoms with Gasteiger partial charge in [0.05, 0.1) is 17.2 Å². The van der Waals surface area contributed by atoms with Gasteiger partial charge in [0.25, 0.3) is 0 Å². The summed E-state index contributed by atoms with van der Waals surface area (Å²) in [5.74, 6) is 1.20. The van der Waals surface area contributed by atoms with Crippen LogP contribution in [-0.2, 0) is 29.2 Å². The fourth-order valence-corrected chi connectivity index (χ4v) is 4.13. The molecule has 1 aliphatic heterocycles. The molecule has 0 aromatic carbocycles. The van der Waals surface area contributed by atoms with Crippen molar-refractivity contribution in [3.8, 4) is 0 Å². The second-order valence-corrected chi connectivity index (χ2v) is 7.63. The number of sulfone groups is 1. The molecule has 1 fully saturated rings. The molecule has 0 atom stereocenters. The van der Waals surface area contributed by atoms with Crippen LogP contribution in [0.25, 0.3) is 0 Å². The fourth-order valence-electron chi connectivity index (χ4n) is 2.86. The molecule has 1 aromatic rings. The Hall–Kier alpha value is -1.21. The average Bonchev–Trinajstić information content (AvgIpc) is 2.66. The topological polar surface area (TPSA) is 89.2 Å². The highest BCUT2D eigenvalue weighted by Gasteiger charge is 2.23. The molecule has 2 rings (SSSR count). The monoisotopic (exact) mass is 312 g/mol. The average molecular weight is 312 g/mol. The lowest BCUT2D eigenvalue weighted by Gasteiger charge is -2.24. The molecule has 0 aliphatic carbocycles.